The summed E-state index contributed by atoms with van der Waals surface area (Å²) in [6, 6.07) is 0.0706. The van der Waals surface area contributed by atoms with Crippen LogP contribution >= 0.6 is 0 Å². The number of hydrogen-bond donors (Lipinski definition) is 2. The van der Waals surface area contributed by atoms with Gasteiger partial charge in [-0.1, -0.05) is 6.92 Å². The SMILES string of the molecule is CCNS(=O)(=O)N1CCCC1CCCO. The molecule has 1 rings (SSSR count). The number of aliphatic hydroxyl groups excluding tert-OH is 1. The molecule has 1 aliphatic rings. The van der Waals surface area contributed by atoms with E-state index in [0.29, 0.717) is 19.5 Å². The highest BCUT2D eigenvalue weighted by molar-refractivity contribution is 7.87. The van der Waals surface area contributed by atoms with Crippen LogP contribution in [-0.4, -0.2) is 43.6 Å². The monoisotopic (exact) mass is 236 g/mol. The second-order valence-corrected chi connectivity index (χ2v) is 5.48. The summed E-state index contributed by atoms with van der Waals surface area (Å²) in [5.41, 5.74) is 0. The second kappa shape index (κ2) is 5.79. The topological polar surface area (TPSA) is 69.6 Å². The van der Waals surface area contributed by atoms with Crippen molar-refractivity contribution >= 4 is 10.2 Å². The zero-order chi connectivity index (χ0) is 11.3. The lowest BCUT2D eigenvalue weighted by molar-refractivity contribution is 0.263. The van der Waals surface area contributed by atoms with Crippen LogP contribution < -0.4 is 4.72 Å². The average Bonchev–Trinajstić information content (AvgIpc) is 2.63. The molecule has 0 radical (unpaired) electrons. The van der Waals surface area contributed by atoms with Crippen LogP contribution in [0.2, 0.25) is 0 Å². The molecule has 0 amide bonds. The molecule has 1 aliphatic heterocycles. The summed E-state index contributed by atoms with van der Waals surface area (Å²) in [5.74, 6) is 0. The lowest BCUT2D eigenvalue weighted by Gasteiger charge is -2.23. The van der Waals surface area contributed by atoms with E-state index in [9.17, 15) is 8.42 Å². The first kappa shape index (κ1) is 12.9. The Morgan fingerprint density at radius 1 is 1.53 bits per heavy atom. The molecule has 0 aliphatic carbocycles. The van der Waals surface area contributed by atoms with E-state index in [-0.39, 0.29) is 12.6 Å². The highest BCUT2D eigenvalue weighted by Gasteiger charge is 2.32. The fourth-order valence-corrected chi connectivity index (χ4v) is 3.51. The minimum Gasteiger partial charge on any atom is -0.396 e. The van der Waals surface area contributed by atoms with Gasteiger partial charge in [0, 0.05) is 25.7 Å². The Morgan fingerprint density at radius 2 is 2.27 bits per heavy atom. The molecule has 0 aromatic carbocycles. The Hall–Kier alpha value is -0.170. The molecule has 0 aromatic heterocycles. The maximum Gasteiger partial charge on any atom is 0.279 e. The molecular formula is C9H20N2O3S. The molecule has 5 nitrogen and oxygen atoms in total. The molecule has 90 valence electrons. The van der Waals surface area contributed by atoms with E-state index in [1.807, 2.05) is 0 Å². The van der Waals surface area contributed by atoms with Crippen molar-refractivity contribution in [2.75, 3.05) is 19.7 Å². The Bertz CT molecular complexity index is 279. The van der Waals surface area contributed by atoms with Crippen LogP contribution in [0.4, 0.5) is 0 Å². The van der Waals surface area contributed by atoms with E-state index < -0.39 is 10.2 Å². The van der Waals surface area contributed by atoms with Crippen molar-refractivity contribution in [3.8, 4) is 0 Å². The van der Waals surface area contributed by atoms with Crippen LogP contribution in [0.15, 0.2) is 0 Å². The normalized spacial score (nSPS) is 23.5. The number of nitrogens with zero attached hydrogens (tertiary/aromatic N) is 1. The van der Waals surface area contributed by atoms with Gasteiger partial charge in [0.15, 0.2) is 0 Å². The Labute approximate surface area is 91.7 Å². The summed E-state index contributed by atoms with van der Waals surface area (Å²) in [7, 11) is -3.29. The van der Waals surface area contributed by atoms with Crippen molar-refractivity contribution in [2.45, 2.75) is 38.6 Å². The van der Waals surface area contributed by atoms with Gasteiger partial charge in [0.1, 0.15) is 0 Å². The van der Waals surface area contributed by atoms with Gasteiger partial charge in [-0.3, -0.25) is 0 Å². The van der Waals surface area contributed by atoms with Crippen molar-refractivity contribution in [3.05, 3.63) is 0 Å². The van der Waals surface area contributed by atoms with Gasteiger partial charge in [0.05, 0.1) is 0 Å². The molecule has 0 spiro atoms. The summed E-state index contributed by atoms with van der Waals surface area (Å²) in [6.45, 7) is 2.93. The molecule has 0 saturated carbocycles. The Kier molecular flexibility index (Phi) is 4.98. The lowest BCUT2D eigenvalue weighted by atomic mass is 10.1. The van der Waals surface area contributed by atoms with E-state index in [4.69, 9.17) is 5.11 Å². The third-order valence-electron chi connectivity index (χ3n) is 2.65. The van der Waals surface area contributed by atoms with Crippen molar-refractivity contribution in [2.24, 2.45) is 0 Å². The van der Waals surface area contributed by atoms with Gasteiger partial charge in [-0.2, -0.15) is 12.7 Å². The minimum absolute atomic E-state index is 0.0706. The van der Waals surface area contributed by atoms with Crippen molar-refractivity contribution in [3.63, 3.8) is 0 Å². The predicted octanol–water partition coefficient (Wildman–Crippen LogP) is 0.0776. The first-order chi connectivity index (χ1) is 7.11. The quantitative estimate of drug-likeness (QED) is 0.686. The lowest BCUT2D eigenvalue weighted by Crippen LogP contribution is -2.43. The Morgan fingerprint density at radius 3 is 2.87 bits per heavy atom. The summed E-state index contributed by atoms with van der Waals surface area (Å²) in [4.78, 5) is 0. The molecular weight excluding hydrogens is 216 g/mol. The fraction of sp³-hybridized carbons (Fsp3) is 1.00. The zero-order valence-electron chi connectivity index (χ0n) is 9.15. The summed E-state index contributed by atoms with van der Waals surface area (Å²) in [6.07, 6.45) is 3.25. The predicted molar refractivity (Wildman–Crippen MR) is 58.6 cm³/mol. The van der Waals surface area contributed by atoms with Crippen molar-refractivity contribution in [1.29, 1.82) is 0 Å². The molecule has 1 atom stereocenters. The van der Waals surface area contributed by atoms with Gasteiger partial charge in [-0.15, -0.1) is 0 Å². The first-order valence-electron chi connectivity index (χ1n) is 5.49. The average molecular weight is 236 g/mol. The van der Waals surface area contributed by atoms with Crippen LogP contribution in [-0.2, 0) is 10.2 Å². The molecule has 1 saturated heterocycles. The van der Waals surface area contributed by atoms with E-state index in [2.05, 4.69) is 4.72 Å². The molecule has 1 fully saturated rings. The van der Waals surface area contributed by atoms with E-state index in [1.54, 1.807) is 6.92 Å². The van der Waals surface area contributed by atoms with Gasteiger partial charge >= 0.3 is 0 Å². The molecule has 6 heteroatoms. The molecule has 0 aromatic rings. The molecule has 1 heterocycles. The minimum atomic E-state index is -3.29. The first-order valence-corrected chi connectivity index (χ1v) is 6.93. The van der Waals surface area contributed by atoms with Crippen LogP contribution in [0.1, 0.15) is 32.6 Å². The second-order valence-electron chi connectivity index (χ2n) is 3.78. The van der Waals surface area contributed by atoms with Crippen LogP contribution in [0.5, 0.6) is 0 Å². The van der Waals surface area contributed by atoms with Crippen LogP contribution in [0.25, 0.3) is 0 Å². The third kappa shape index (κ3) is 3.41. The van der Waals surface area contributed by atoms with Gasteiger partial charge in [-0.25, -0.2) is 4.72 Å². The van der Waals surface area contributed by atoms with Crippen molar-refractivity contribution < 1.29 is 13.5 Å². The van der Waals surface area contributed by atoms with Crippen LogP contribution in [0, 0.1) is 0 Å². The fourth-order valence-electron chi connectivity index (χ4n) is 2.01. The van der Waals surface area contributed by atoms with Crippen LogP contribution in [0.3, 0.4) is 0 Å². The van der Waals surface area contributed by atoms with E-state index in [0.717, 1.165) is 19.3 Å². The van der Waals surface area contributed by atoms with Crippen molar-refractivity contribution in [1.82, 2.24) is 9.03 Å². The molecule has 2 N–H and O–H groups in total. The highest BCUT2D eigenvalue weighted by Crippen LogP contribution is 2.23. The molecule has 1 unspecified atom stereocenters. The summed E-state index contributed by atoms with van der Waals surface area (Å²) >= 11 is 0. The summed E-state index contributed by atoms with van der Waals surface area (Å²) < 4.78 is 27.6. The maximum absolute atomic E-state index is 11.8. The maximum atomic E-state index is 11.8. The van der Waals surface area contributed by atoms with Gasteiger partial charge < -0.3 is 5.11 Å². The highest BCUT2D eigenvalue weighted by atomic mass is 32.2. The zero-order valence-corrected chi connectivity index (χ0v) is 9.96. The largest absolute Gasteiger partial charge is 0.396 e. The number of hydrogen-bond acceptors (Lipinski definition) is 3. The molecule has 0 bridgehead atoms. The van der Waals surface area contributed by atoms with E-state index in [1.165, 1.54) is 4.31 Å². The summed E-state index contributed by atoms with van der Waals surface area (Å²) in [5, 5.41) is 8.74. The standard InChI is InChI=1S/C9H20N2O3S/c1-2-10-15(13,14)11-7-3-5-9(11)6-4-8-12/h9-10,12H,2-8H2,1H3. The van der Waals surface area contributed by atoms with Gasteiger partial charge in [-0.05, 0) is 25.7 Å². The number of rotatable bonds is 6. The van der Waals surface area contributed by atoms with E-state index >= 15 is 0 Å². The van der Waals surface area contributed by atoms with Gasteiger partial charge in [0.2, 0.25) is 0 Å². The number of nitrogens with one attached hydrogen (secondary N) is 1. The van der Waals surface area contributed by atoms with Gasteiger partial charge in [0.25, 0.3) is 10.2 Å². The Balaban J connectivity index is 2.59. The third-order valence-corrected chi connectivity index (χ3v) is 4.41. The smallest absolute Gasteiger partial charge is 0.279 e. The molecule has 15 heavy (non-hydrogen) atoms. The number of aliphatic hydroxyl groups is 1.